The molecule has 18 rings (SSSR count). The molecule has 6 atom stereocenters. The zero-order valence-electron chi connectivity index (χ0n) is 56.1. The van der Waals surface area contributed by atoms with Gasteiger partial charge in [-0.1, -0.05) is 122 Å². The Balaban J connectivity index is 0.000000119. The van der Waals surface area contributed by atoms with E-state index in [1.54, 1.807) is 0 Å². The van der Waals surface area contributed by atoms with Gasteiger partial charge in [-0.05, 0) is 293 Å². The van der Waals surface area contributed by atoms with Crippen molar-refractivity contribution in [2.24, 2.45) is 81.8 Å². The van der Waals surface area contributed by atoms with Crippen LogP contribution in [0.5, 0.6) is 0 Å². The number of aryl methyl sites for hydroxylation is 1. The third-order valence-electron chi connectivity index (χ3n) is 22.4. The van der Waals surface area contributed by atoms with Crippen molar-refractivity contribution in [2.75, 3.05) is 30.5 Å². The first-order valence-electron chi connectivity index (χ1n) is 35.5. The van der Waals surface area contributed by atoms with Crippen molar-refractivity contribution in [1.29, 1.82) is 0 Å². The number of esters is 2. The van der Waals surface area contributed by atoms with Crippen LogP contribution in [0.15, 0.2) is 230 Å². The Labute approximate surface area is 585 Å². The zero-order valence-corrected chi connectivity index (χ0v) is 59.4. The van der Waals surface area contributed by atoms with Crippen LogP contribution in [0.4, 0.5) is 17.6 Å². The van der Waals surface area contributed by atoms with Gasteiger partial charge in [0.05, 0.1) is 35.0 Å². The highest BCUT2D eigenvalue weighted by Crippen LogP contribution is 2.61. The van der Waals surface area contributed by atoms with Crippen molar-refractivity contribution in [1.82, 2.24) is 0 Å². The van der Waals surface area contributed by atoms with Crippen molar-refractivity contribution in [3.8, 4) is 0 Å². The number of alkyl halides is 4. The monoisotopic (exact) mass is 1370 g/mol. The molecule has 10 saturated carbocycles. The lowest BCUT2D eigenvalue weighted by Gasteiger charge is -2.56. The van der Waals surface area contributed by atoms with Gasteiger partial charge in [-0.15, -0.1) is 0 Å². The van der Waals surface area contributed by atoms with Gasteiger partial charge in [-0.2, -0.15) is 42.0 Å². The summed E-state index contributed by atoms with van der Waals surface area (Å²) >= 11 is 6.47. The minimum atomic E-state index is -3.36. The molecule has 6 unspecified atom stereocenters. The molecule has 0 spiro atoms. The Hall–Kier alpha value is -5.40. The van der Waals surface area contributed by atoms with E-state index in [0.29, 0.717) is 13.8 Å². The summed E-state index contributed by atoms with van der Waals surface area (Å²) in [7, 11) is -0.104. The average Bonchev–Trinajstić information content (AvgIpc) is 1.01. The van der Waals surface area contributed by atoms with Crippen LogP contribution >= 0.6 is 24.4 Å². The minimum Gasteiger partial charge on any atom is -0.461 e. The van der Waals surface area contributed by atoms with E-state index >= 15 is 0 Å². The molecule has 0 N–H and O–H groups in total. The second-order valence-corrected chi connectivity index (χ2v) is 35.7. The third kappa shape index (κ3) is 18.1. The normalized spacial score (nSPS) is 29.3. The zero-order chi connectivity index (χ0) is 66.9. The Morgan fingerprint density at radius 3 is 1.10 bits per heavy atom. The van der Waals surface area contributed by atoms with Crippen molar-refractivity contribution in [2.45, 2.75) is 164 Å². The van der Waals surface area contributed by atoms with Gasteiger partial charge in [0.2, 0.25) is 0 Å². The number of hydrogen-bond donors (Lipinski definition) is 1. The summed E-state index contributed by atoms with van der Waals surface area (Å²) in [6.07, 6.45) is 32.7. The molecule has 6 aromatic carbocycles. The molecule has 0 saturated heterocycles. The lowest BCUT2D eigenvalue weighted by molar-refractivity contribution is -0.179. The highest BCUT2D eigenvalue weighted by molar-refractivity contribution is 7.99. The second-order valence-electron chi connectivity index (χ2n) is 30.1. The van der Waals surface area contributed by atoms with Crippen LogP contribution in [0.3, 0.4) is 0 Å². The molecule has 508 valence electrons. The molecule has 12 heteroatoms. The quantitative estimate of drug-likeness (QED) is 0.0219. The fourth-order valence-corrected chi connectivity index (χ4v) is 24.6. The summed E-state index contributed by atoms with van der Waals surface area (Å²) in [6, 6.07) is 61.3. The molecule has 12 aliphatic carbocycles. The maximum absolute atomic E-state index is 12.8. The molecular formula is C84H98F4O4S4+2. The molecule has 0 aromatic heterocycles. The lowest BCUT2D eigenvalue weighted by Crippen LogP contribution is -2.49. The van der Waals surface area contributed by atoms with Crippen LogP contribution in [-0.2, 0) is 47.3 Å². The largest absolute Gasteiger partial charge is 0.461 e. The number of thioether (sulfide) groups is 1. The maximum atomic E-state index is 12.8. The molecule has 4 nitrogen and oxygen atoms in total. The van der Waals surface area contributed by atoms with Crippen molar-refractivity contribution >= 4 is 64.2 Å². The van der Waals surface area contributed by atoms with Gasteiger partial charge in [0.1, 0.15) is 0 Å². The molecule has 0 amide bonds. The van der Waals surface area contributed by atoms with E-state index in [-0.39, 0.29) is 45.8 Å². The van der Waals surface area contributed by atoms with Gasteiger partial charge in [0.15, 0.2) is 29.4 Å². The minimum absolute atomic E-state index is 0.0235. The predicted molar refractivity (Wildman–Crippen MR) is 390 cm³/mol. The van der Waals surface area contributed by atoms with E-state index in [4.69, 9.17) is 9.47 Å². The third-order valence-corrected chi connectivity index (χ3v) is 28.5. The van der Waals surface area contributed by atoms with Gasteiger partial charge in [0.25, 0.3) is 0 Å². The van der Waals surface area contributed by atoms with E-state index < -0.39 is 23.8 Å². The summed E-state index contributed by atoms with van der Waals surface area (Å²) in [5.41, 5.74) is 2.66. The first-order chi connectivity index (χ1) is 46.4. The van der Waals surface area contributed by atoms with Crippen LogP contribution in [0.25, 0.3) is 6.08 Å². The average molecular weight is 1380 g/mol. The fourth-order valence-electron chi connectivity index (χ4n) is 18.8. The molecule has 0 radical (unpaired) electrons. The number of ether oxygens (including phenoxy) is 2. The number of hydrogen-bond acceptors (Lipinski definition) is 6. The van der Waals surface area contributed by atoms with Gasteiger partial charge in [0, 0.05) is 24.7 Å². The fraction of sp³-hybridized carbons (Fsp3) is 0.476. The molecule has 0 heterocycles. The standard InChI is InChI=1S/C28H29S2.C20H17S.2C14H20F2O2.C8H12S/c1-3-7-26(8-4-1)30(27-9-5-2-6-10-27)28-15-12-22(13-16-28)17-18-29-21-25-20-23-11-14-24(25)19-23;1-2-17-13-15-20(16-14-17)21(18-9-5-3-6-10-18)19-11-7-4-8-12-19;2*1-13(15,16)12(17)18-8-14-5-9-2-10(6-14)4-11(3-9)7-14;9-5-8-4-6-1-2-7(8)3-6/h1-16,23-25H,17-21H2;2-16H,1H2;2*9-11H,2-8H2,1H3;1-2,6-9H,3-5H2/q2*+1;;;. The summed E-state index contributed by atoms with van der Waals surface area (Å²) in [5, 5.41) is 0. The van der Waals surface area contributed by atoms with E-state index in [1.807, 2.05) is 6.08 Å². The number of halogens is 4. The topological polar surface area (TPSA) is 52.6 Å². The number of thiol groups is 1. The molecular weight excluding hydrogens is 1280 g/mol. The predicted octanol–water partition coefficient (Wildman–Crippen LogP) is 21.6. The lowest BCUT2D eigenvalue weighted by atomic mass is 9.50. The number of allylic oxidation sites excluding steroid dienone is 4. The molecule has 6 aromatic rings. The molecule has 0 aliphatic heterocycles. The van der Waals surface area contributed by atoms with Crippen LogP contribution < -0.4 is 0 Å². The number of carbonyl (C=O) groups is 2. The number of rotatable bonds is 19. The summed E-state index contributed by atoms with van der Waals surface area (Å²) in [6.45, 7) is 5.45. The SMILES string of the molecule is C1=CC2CC1CC2CSCCc1ccc([S+](c2ccccc2)c2ccccc2)cc1.C=Cc1ccc([S+](c2ccccc2)c2ccccc2)cc1.CC(F)(F)C(=O)OCC12CC3CC(CC(C3)C1)C2.CC(F)(F)C(=O)OCC12CC3CC(CC(C3)C1)C2.SCC1CC2C=CC1C2. The van der Waals surface area contributed by atoms with Crippen LogP contribution in [0.1, 0.15) is 128 Å². The van der Waals surface area contributed by atoms with Gasteiger partial charge < -0.3 is 9.47 Å². The second kappa shape index (κ2) is 31.9. The summed E-state index contributed by atoms with van der Waals surface area (Å²) in [5.74, 6) is 4.15. The Kier molecular flexibility index (Phi) is 23.4. The summed E-state index contributed by atoms with van der Waals surface area (Å²) in [4.78, 5) is 30.6. The van der Waals surface area contributed by atoms with Crippen LogP contribution in [-0.4, -0.2) is 54.3 Å². The molecule has 10 fully saturated rings. The number of carbonyl (C=O) groups excluding carboxylic acids is 2. The van der Waals surface area contributed by atoms with Crippen molar-refractivity contribution in [3.05, 3.63) is 212 Å². The van der Waals surface area contributed by atoms with Gasteiger partial charge in [-0.25, -0.2) is 9.59 Å². The first-order valence-corrected chi connectivity index (χ1v) is 39.8. The van der Waals surface area contributed by atoms with E-state index in [1.165, 1.54) is 117 Å². The number of fused-ring (bicyclic) bond motifs is 4. The molecule has 12 aliphatic rings. The highest BCUT2D eigenvalue weighted by atomic mass is 32.2. The Bertz CT molecular complexity index is 3320. The molecule has 12 bridgehead atoms. The van der Waals surface area contributed by atoms with Crippen LogP contribution in [0, 0.1) is 81.8 Å². The van der Waals surface area contributed by atoms with Crippen LogP contribution in [0.2, 0.25) is 0 Å². The Morgan fingerprint density at radius 2 is 0.812 bits per heavy atom. The van der Waals surface area contributed by atoms with E-state index in [9.17, 15) is 27.2 Å². The smallest absolute Gasteiger partial charge is 0.376 e. The molecule has 96 heavy (non-hydrogen) atoms. The van der Waals surface area contributed by atoms with E-state index in [0.717, 1.165) is 121 Å². The maximum Gasteiger partial charge on any atom is 0.376 e. The van der Waals surface area contributed by atoms with Crippen molar-refractivity contribution in [3.63, 3.8) is 0 Å². The summed E-state index contributed by atoms with van der Waals surface area (Å²) < 4.78 is 61.0. The van der Waals surface area contributed by atoms with Crippen molar-refractivity contribution < 1.29 is 36.6 Å². The Morgan fingerprint density at radius 1 is 0.479 bits per heavy atom. The first kappa shape index (κ1) is 70.5. The number of benzene rings is 6. The van der Waals surface area contributed by atoms with Gasteiger partial charge in [-0.3, -0.25) is 0 Å². The van der Waals surface area contributed by atoms with E-state index in [2.05, 4.69) is 225 Å². The highest BCUT2D eigenvalue weighted by Gasteiger charge is 2.54. The van der Waals surface area contributed by atoms with Gasteiger partial charge >= 0.3 is 23.8 Å².